The maximum atomic E-state index is 12.4. The minimum atomic E-state index is -1.00. The van der Waals surface area contributed by atoms with Crippen molar-refractivity contribution >= 4 is 17.7 Å². The Balaban J connectivity index is 2.06. The van der Waals surface area contributed by atoms with Crippen molar-refractivity contribution in [2.45, 2.75) is 19.4 Å². The second-order valence-electron chi connectivity index (χ2n) is 5.47. The third kappa shape index (κ3) is 3.95. The molecule has 1 unspecified atom stereocenters. The molecule has 0 aromatic heterocycles. The van der Waals surface area contributed by atoms with Crippen LogP contribution in [0.2, 0.25) is 0 Å². The van der Waals surface area contributed by atoms with Gasteiger partial charge in [-0.25, -0.2) is 9.59 Å². The molecular formula is C15H21N3O3. The normalized spacial score (nSPS) is 19.9. The van der Waals surface area contributed by atoms with Crippen LogP contribution in [0.3, 0.4) is 0 Å². The number of nitrogens with one attached hydrogen (secondary N) is 1. The summed E-state index contributed by atoms with van der Waals surface area (Å²) in [5, 5.41) is 11.8. The van der Waals surface area contributed by atoms with Crippen molar-refractivity contribution in [2.75, 3.05) is 32.0 Å². The summed E-state index contributed by atoms with van der Waals surface area (Å²) in [5.41, 5.74) is 0.668. The van der Waals surface area contributed by atoms with E-state index >= 15 is 0 Å². The highest BCUT2D eigenvalue weighted by Crippen LogP contribution is 2.14. The molecule has 0 radical (unpaired) electrons. The van der Waals surface area contributed by atoms with Crippen molar-refractivity contribution in [1.29, 1.82) is 0 Å². The van der Waals surface area contributed by atoms with Gasteiger partial charge in [0, 0.05) is 24.8 Å². The fraction of sp³-hybridized carbons (Fsp3) is 0.467. The number of carboxylic acids is 1. The maximum absolute atomic E-state index is 12.4. The van der Waals surface area contributed by atoms with Gasteiger partial charge in [0.25, 0.3) is 0 Å². The van der Waals surface area contributed by atoms with Crippen LogP contribution >= 0.6 is 0 Å². The lowest BCUT2D eigenvalue weighted by atomic mass is 10.2. The Hall–Kier alpha value is -2.08. The summed E-state index contributed by atoms with van der Waals surface area (Å²) < 4.78 is 0. The number of hydrogen-bond acceptors (Lipinski definition) is 3. The summed E-state index contributed by atoms with van der Waals surface area (Å²) >= 11 is 0. The largest absolute Gasteiger partial charge is 0.478 e. The molecule has 1 heterocycles. The first-order valence-corrected chi connectivity index (χ1v) is 7.07. The Bertz CT molecular complexity index is 533. The molecule has 6 nitrogen and oxygen atoms in total. The lowest BCUT2D eigenvalue weighted by molar-refractivity contribution is 0.0697. The molecule has 1 aromatic carbocycles. The van der Waals surface area contributed by atoms with Crippen LogP contribution in [-0.4, -0.2) is 59.6 Å². The summed E-state index contributed by atoms with van der Waals surface area (Å²) in [7, 11) is 2.05. The molecule has 0 bridgehead atoms. The van der Waals surface area contributed by atoms with Crippen molar-refractivity contribution in [3.63, 3.8) is 0 Å². The van der Waals surface area contributed by atoms with Crippen molar-refractivity contribution in [2.24, 2.45) is 0 Å². The molecule has 1 atom stereocenters. The van der Waals surface area contributed by atoms with Crippen LogP contribution in [-0.2, 0) is 0 Å². The van der Waals surface area contributed by atoms with Gasteiger partial charge in [0.2, 0.25) is 0 Å². The van der Waals surface area contributed by atoms with Crippen LogP contribution in [0.4, 0.5) is 10.5 Å². The van der Waals surface area contributed by atoms with Crippen molar-refractivity contribution in [1.82, 2.24) is 9.80 Å². The van der Waals surface area contributed by atoms with Gasteiger partial charge in [-0.1, -0.05) is 6.07 Å². The SMILES string of the molecule is CC1CN(C)CCCN1C(=O)Nc1cccc(C(=O)O)c1. The zero-order chi connectivity index (χ0) is 15.4. The number of carboxylic acid groups (broad SMARTS) is 1. The minimum Gasteiger partial charge on any atom is -0.478 e. The highest BCUT2D eigenvalue weighted by molar-refractivity contribution is 5.93. The molecular weight excluding hydrogens is 270 g/mol. The van der Waals surface area contributed by atoms with Gasteiger partial charge in [0.05, 0.1) is 5.56 Å². The van der Waals surface area contributed by atoms with Crippen LogP contribution in [0.15, 0.2) is 24.3 Å². The van der Waals surface area contributed by atoms with E-state index in [-0.39, 0.29) is 17.6 Å². The van der Waals surface area contributed by atoms with Gasteiger partial charge < -0.3 is 20.2 Å². The molecule has 0 spiro atoms. The first-order valence-electron chi connectivity index (χ1n) is 7.07. The summed E-state index contributed by atoms with van der Waals surface area (Å²) in [6.45, 7) is 4.54. The summed E-state index contributed by atoms with van der Waals surface area (Å²) in [5.74, 6) is -1.00. The van der Waals surface area contributed by atoms with E-state index < -0.39 is 5.97 Å². The number of aromatic carboxylic acids is 1. The average molecular weight is 291 g/mol. The lowest BCUT2D eigenvalue weighted by Gasteiger charge is -2.28. The third-order valence-corrected chi connectivity index (χ3v) is 3.67. The fourth-order valence-electron chi connectivity index (χ4n) is 2.60. The third-order valence-electron chi connectivity index (χ3n) is 3.67. The first kappa shape index (κ1) is 15.3. The minimum absolute atomic E-state index is 0.125. The van der Waals surface area contributed by atoms with E-state index in [0.29, 0.717) is 12.2 Å². The lowest BCUT2D eigenvalue weighted by Crippen LogP contribution is -2.44. The number of benzene rings is 1. The molecule has 6 heteroatoms. The maximum Gasteiger partial charge on any atom is 0.335 e. The van der Waals surface area contributed by atoms with Gasteiger partial charge >= 0.3 is 12.0 Å². The van der Waals surface area contributed by atoms with E-state index in [1.165, 1.54) is 12.1 Å². The highest BCUT2D eigenvalue weighted by Gasteiger charge is 2.24. The molecule has 2 rings (SSSR count). The van der Waals surface area contributed by atoms with E-state index in [2.05, 4.69) is 10.2 Å². The van der Waals surface area contributed by atoms with Crippen LogP contribution in [0.25, 0.3) is 0 Å². The van der Waals surface area contributed by atoms with Gasteiger partial charge in [0.15, 0.2) is 0 Å². The molecule has 1 aliphatic rings. The quantitative estimate of drug-likeness (QED) is 0.873. The van der Waals surface area contributed by atoms with Crippen molar-refractivity contribution in [3.8, 4) is 0 Å². The molecule has 0 saturated carbocycles. The number of anilines is 1. The van der Waals surface area contributed by atoms with E-state index in [9.17, 15) is 9.59 Å². The summed E-state index contributed by atoms with van der Waals surface area (Å²) in [6.07, 6.45) is 0.934. The monoisotopic (exact) mass is 291 g/mol. The average Bonchev–Trinajstić information content (AvgIpc) is 2.59. The number of carbonyl (C=O) groups is 2. The Morgan fingerprint density at radius 3 is 2.81 bits per heavy atom. The number of carbonyl (C=O) groups excluding carboxylic acids is 1. The molecule has 1 fully saturated rings. The van der Waals surface area contributed by atoms with Crippen LogP contribution in [0.1, 0.15) is 23.7 Å². The molecule has 0 aliphatic carbocycles. The number of rotatable bonds is 2. The van der Waals surface area contributed by atoms with E-state index in [1.54, 1.807) is 17.0 Å². The molecule has 114 valence electrons. The van der Waals surface area contributed by atoms with Gasteiger partial charge in [0.1, 0.15) is 0 Å². The zero-order valence-electron chi connectivity index (χ0n) is 12.4. The first-order chi connectivity index (χ1) is 9.97. The molecule has 1 aromatic rings. The molecule has 2 amide bonds. The molecule has 1 saturated heterocycles. The van der Waals surface area contributed by atoms with E-state index in [1.807, 2.05) is 14.0 Å². The molecule has 21 heavy (non-hydrogen) atoms. The Morgan fingerprint density at radius 1 is 1.33 bits per heavy atom. The second kappa shape index (κ2) is 6.58. The number of urea groups is 1. The Morgan fingerprint density at radius 2 is 2.10 bits per heavy atom. The second-order valence-corrected chi connectivity index (χ2v) is 5.47. The highest BCUT2D eigenvalue weighted by atomic mass is 16.4. The smallest absolute Gasteiger partial charge is 0.335 e. The van der Waals surface area contributed by atoms with Gasteiger partial charge in [-0.3, -0.25) is 0 Å². The Kier molecular flexibility index (Phi) is 4.80. The van der Waals surface area contributed by atoms with Crippen LogP contribution in [0.5, 0.6) is 0 Å². The number of nitrogens with zero attached hydrogens (tertiary/aromatic N) is 2. The van der Waals surface area contributed by atoms with Crippen molar-refractivity contribution < 1.29 is 14.7 Å². The standard InChI is InChI=1S/C15H21N3O3/c1-11-10-17(2)7-4-8-18(11)15(21)16-13-6-3-5-12(9-13)14(19)20/h3,5-6,9,11H,4,7-8,10H2,1-2H3,(H,16,21)(H,19,20). The van der Waals surface area contributed by atoms with Crippen LogP contribution < -0.4 is 5.32 Å². The van der Waals surface area contributed by atoms with Crippen LogP contribution in [0, 0.1) is 0 Å². The zero-order valence-corrected chi connectivity index (χ0v) is 12.4. The number of hydrogen-bond donors (Lipinski definition) is 2. The predicted octanol–water partition coefficient (Wildman–Crippen LogP) is 1.94. The van der Waals surface area contributed by atoms with E-state index in [4.69, 9.17) is 5.11 Å². The molecule has 1 aliphatic heterocycles. The Labute approximate surface area is 124 Å². The van der Waals surface area contributed by atoms with Crippen molar-refractivity contribution in [3.05, 3.63) is 29.8 Å². The van der Waals surface area contributed by atoms with E-state index in [0.717, 1.165) is 19.5 Å². The summed E-state index contributed by atoms with van der Waals surface area (Å²) in [6, 6.07) is 6.23. The fourth-order valence-corrected chi connectivity index (χ4v) is 2.60. The predicted molar refractivity (Wildman–Crippen MR) is 80.7 cm³/mol. The van der Waals surface area contributed by atoms with Gasteiger partial charge in [-0.15, -0.1) is 0 Å². The van der Waals surface area contributed by atoms with Gasteiger partial charge in [-0.2, -0.15) is 0 Å². The van der Waals surface area contributed by atoms with Gasteiger partial charge in [-0.05, 0) is 45.1 Å². The summed E-state index contributed by atoms with van der Waals surface area (Å²) in [4.78, 5) is 27.3. The number of amides is 2. The molecule has 2 N–H and O–H groups in total. The number of likely N-dealkylation sites (N-methyl/N-ethyl adjacent to an activating group) is 1. The topological polar surface area (TPSA) is 72.9 Å².